The molecule has 2 saturated carbocycles. The van der Waals surface area contributed by atoms with Crippen molar-refractivity contribution in [3.63, 3.8) is 0 Å². The molecule has 0 heterocycles. The first-order valence-corrected chi connectivity index (χ1v) is 12.7. The van der Waals surface area contributed by atoms with E-state index in [1.165, 1.54) is 96.6 Å². The smallest absolute Gasteiger partial charge is 1.00 e. The van der Waals surface area contributed by atoms with E-state index in [1.807, 2.05) is 5.57 Å². The van der Waals surface area contributed by atoms with Crippen molar-refractivity contribution < 1.29 is 51.0 Å². The number of allylic oxidation sites excluding steroid dienone is 4. The second-order valence-electron chi connectivity index (χ2n) is 10.0. The van der Waals surface area contributed by atoms with Gasteiger partial charge in [0.15, 0.2) is 0 Å². The molecule has 0 amide bonds. The molecule has 3 heteroatoms. The Morgan fingerprint density at radius 3 is 2.00 bits per heavy atom. The summed E-state index contributed by atoms with van der Waals surface area (Å²) in [5, 5.41) is 5.58. The Morgan fingerprint density at radius 1 is 0.735 bits per heavy atom. The number of fused-ring (bicyclic) bond motifs is 2. The van der Waals surface area contributed by atoms with Gasteiger partial charge in [-0.25, -0.2) is 0 Å². The fraction of sp³-hybridized carbons (Fsp3) is 0.419. The van der Waals surface area contributed by atoms with Crippen molar-refractivity contribution in [2.24, 2.45) is 11.8 Å². The van der Waals surface area contributed by atoms with E-state index in [2.05, 4.69) is 60.7 Å². The molecular weight excluding hydrogens is 534 g/mol. The zero-order chi connectivity index (χ0) is 20.6. The van der Waals surface area contributed by atoms with Gasteiger partial charge in [-0.3, -0.25) is 0 Å². The predicted octanol–water partition coefficient (Wildman–Crippen LogP) is 0.653. The quantitative estimate of drug-likeness (QED) is 0.408. The summed E-state index contributed by atoms with van der Waals surface area (Å²) < 4.78 is 0. The Labute approximate surface area is 236 Å². The molecule has 1 radical (unpaired) electrons. The van der Waals surface area contributed by atoms with Gasteiger partial charge in [-0.15, -0.1) is 33.4 Å². The molecule has 0 unspecified atom stereocenters. The maximum Gasteiger partial charge on any atom is 3.00 e. The monoisotopic (exact) mass is 565 g/mol. The van der Waals surface area contributed by atoms with Crippen LogP contribution < -0.4 is 35.3 Å². The maximum absolute atomic E-state index is 3.84. The van der Waals surface area contributed by atoms with Gasteiger partial charge in [-0.2, -0.15) is 0 Å². The van der Waals surface area contributed by atoms with Crippen LogP contribution in [0.4, 0.5) is 0 Å². The van der Waals surface area contributed by atoms with Crippen molar-refractivity contribution in [1.29, 1.82) is 0 Å². The Hall–Kier alpha value is -0.877. The van der Waals surface area contributed by atoms with Crippen molar-refractivity contribution in [1.82, 2.24) is 0 Å². The van der Waals surface area contributed by atoms with Crippen LogP contribution in [0.3, 0.4) is 0 Å². The van der Waals surface area contributed by atoms with Crippen LogP contribution in [0.15, 0.2) is 54.6 Å². The summed E-state index contributed by atoms with van der Waals surface area (Å²) in [6, 6.07) is 13.7. The number of rotatable bonds is 3. The Bertz CT molecular complexity index is 1260. The molecule has 0 N–H and O–H groups in total. The van der Waals surface area contributed by atoms with Gasteiger partial charge in [0.25, 0.3) is 0 Å². The summed E-state index contributed by atoms with van der Waals surface area (Å²) in [6.07, 6.45) is 25.9. The Balaban J connectivity index is 0.00000108. The number of halogens is 2. The van der Waals surface area contributed by atoms with Crippen molar-refractivity contribution in [2.45, 2.75) is 70.6 Å². The summed E-state index contributed by atoms with van der Waals surface area (Å²) >= 11 is 0. The summed E-state index contributed by atoms with van der Waals surface area (Å²) in [5.41, 5.74) is 6.18. The van der Waals surface area contributed by atoms with Crippen LogP contribution in [0.1, 0.15) is 81.8 Å². The van der Waals surface area contributed by atoms with Crippen LogP contribution in [0.5, 0.6) is 0 Å². The minimum Gasteiger partial charge on any atom is -1.00 e. The van der Waals surface area contributed by atoms with Crippen molar-refractivity contribution in [3.05, 3.63) is 86.6 Å². The molecule has 4 aliphatic rings. The number of hydrogen-bond donors (Lipinski definition) is 0. The molecule has 0 bridgehead atoms. The predicted molar refractivity (Wildman–Crippen MR) is 131 cm³/mol. The van der Waals surface area contributed by atoms with Crippen molar-refractivity contribution in [3.8, 4) is 0 Å². The fourth-order valence-corrected chi connectivity index (χ4v) is 6.73. The molecule has 4 aliphatic carbocycles. The molecule has 0 aliphatic heterocycles. The average molecular weight is 568 g/mol. The molecule has 2 aromatic rings. The second kappa shape index (κ2) is 12.4. The van der Waals surface area contributed by atoms with Crippen LogP contribution in [0.2, 0.25) is 0 Å². The number of hydrogen-bond acceptors (Lipinski definition) is 0. The molecule has 2 aromatic carbocycles. The molecule has 0 saturated heterocycles. The van der Waals surface area contributed by atoms with Gasteiger partial charge in [0.05, 0.1) is 0 Å². The van der Waals surface area contributed by atoms with Gasteiger partial charge >= 0.3 is 26.2 Å². The first-order valence-electron chi connectivity index (χ1n) is 12.7. The van der Waals surface area contributed by atoms with Gasteiger partial charge in [-0.05, 0) is 43.9 Å². The third kappa shape index (κ3) is 5.14. The topological polar surface area (TPSA) is 0 Å². The average Bonchev–Trinajstić information content (AvgIpc) is 3.49. The van der Waals surface area contributed by atoms with E-state index < -0.39 is 0 Å². The van der Waals surface area contributed by atoms with E-state index in [0.29, 0.717) is 0 Å². The van der Waals surface area contributed by atoms with E-state index in [9.17, 15) is 0 Å². The van der Waals surface area contributed by atoms with E-state index >= 15 is 0 Å². The molecule has 0 atom stereocenters. The third-order valence-electron chi connectivity index (χ3n) is 8.18. The minimum atomic E-state index is 0. The van der Waals surface area contributed by atoms with Crippen LogP contribution >= 0.6 is 0 Å². The SMILES string of the molecule is [C-]1=c2ccccc2=c2ccc(=C(C3CCCCC3)C3CCCCC3)c(C3=CC=CC3)c21.[Cl-].[Cl-].[Zr+3]. The second-order valence-corrected chi connectivity index (χ2v) is 10.0. The van der Waals surface area contributed by atoms with Gasteiger partial charge in [0.2, 0.25) is 0 Å². The van der Waals surface area contributed by atoms with Gasteiger partial charge in [0.1, 0.15) is 0 Å². The van der Waals surface area contributed by atoms with Crippen LogP contribution in [-0.4, -0.2) is 0 Å². The summed E-state index contributed by atoms with van der Waals surface area (Å²) in [5.74, 6) is 1.57. The minimum absolute atomic E-state index is 0. The molecule has 0 nitrogen and oxygen atoms in total. The normalized spacial score (nSPS) is 19.0. The first kappa shape index (κ1) is 27.7. The van der Waals surface area contributed by atoms with Gasteiger partial charge in [-0.1, -0.05) is 109 Å². The maximum atomic E-state index is 3.84. The van der Waals surface area contributed by atoms with Crippen molar-refractivity contribution >= 4 is 17.2 Å². The van der Waals surface area contributed by atoms with Crippen molar-refractivity contribution in [2.75, 3.05) is 0 Å². The molecular formula is C31H33Cl2Zr. The molecule has 6 rings (SSSR count). The zero-order valence-electron chi connectivity index (χ0n) is 19.9. The fourth-order valence-electron chi connectivity index (χ4n) is 6.73. The van der Waals surface area contributed by atoms with Crippen LogP contribution in [0, 0.1) is 22.3 Å². The largest absolute Gasteiger partial charge is 3.00 e. The zero-order valence-corrected chi connectivity index (χ0v) is 23.9. The summed E-state index contributed by atoms with van der Waals surface area (Å²) in [7, 11) is 0. The molecule has 2 fully saturated rings. The molecule has 0 aromatic heterocycles. The van der Waals surface area contributed by atoms with Crippen LogP contribution in [-0.2, 0) is 26.2 Å². The van der Waals surface area contributed by atoms with Gasteiger partial charge < -0.3 is 24.8 Å². The molecule has 175 valence electrons. The first-order chi connectivity index (χ1) is 15.4. The molecule has 0 spiro atoms. The summed E-state index contributed by atoms with van der Waals surface area (Å²) in [4.78, 5) is 0. The van der Waals surface area contributed by atoms with E-state index in [4.69, 9.17) is 0 Å². The standard InChI is InChI=1S/C31H33.2ClH.Zr/c1-3-11-22(12-4-1)30(23-13-5-2-6-14-23)28-20-19-27-26-18-10-9-17-25(26)21-29(27)31(28)24-15-7-8-16-24;;;/h7-10,15,17-20,22-23H,1-6,11-14,16H2;2*1H;/q-1;;;+3/p-2. The van der Waals surface area contributed by atoms with E-state index in [-0.39, 0.29) is 51.0 Å². The Morgan fingerprint density at radius 2 is 1.38 bits per heavy atom. The third-order valence-corrected chi connectivity index (χ3v) is 8.18. The molecule has 34 heavy (non-hydrogen) atoms. The number of benzene rings is 2. The Kier molecular flexibility index (Phi) is 10.1. The summed E-state index contributed by atoms with van der Waals surface area (Å²) in [6.45, 7) is 0. The van der Waals surface area contributed by atoms with Crippen LogP contribution in [0.25, 0.3) is 17.2 Å². The van der Waals surface area contributed by atoms with Gasteiger partial charge in [0, 0.05) is 0 Å². The van der Waals surface area contributed by atoms with E-state index in [1.54, 1.807) is 5.22 Å². The van der Waals surface area contributed by atoms with E-state index in [0.717, 1.165) is 18.3 Å².